The Balaban J connectivity index is 1.54. The van der Waals surface area contributed by atoms with Gasteiger partial charge in [0.2, 0.25) is 0 Å². The maximum atomic E-state index is 3.78. The molecule has 0 aromatic heterocycles. The second kappa shape index (κ2) is 8.35. The molecular formula is C17H35N3. The number of likely N-dealkylation sites (tertiary alicyclic amines) is 1. The van der Waals surface area contributed by atoms with Gasteiger partial charge in [0.05, 0.1) is 0 Å². The molecule has 1 aliphatic heterocycles. The number of rotatable bonds is 6. The number of piperidine rings is 1. The molecule has 2 rings (SSSR count). The third-order valence-electron chi connectivity index (χ3n) is 5.53. The molecule has 2 aliphatic rings. The highest BCUT2D eigenvalue weighted by molar-refractivity contribution is 4.81. The average Bonchev–Trinajstić information content (AvgIpc) is 2.48. The second-order valence-electron chi connectivity index (χ2n) is 7.13. The average molecular weight is 281 g/mol. The predicted octanol–water partition coefficient (Wildman–Crippen LogP) is 2.71. The van der Waals surface area contributed by atoms with Crippen LogP contribution < -0.4 is 5.32 Å². The number of nitrogens with zero attached hydrogens (tertiary/aromatic N) is 2. The Morgan fingerprint density at radius 3 is 2.60 bits per heavy atom. The van der Waals surface area contributed by atoms with Crippen molar-refractivity contribution < 1.29 is 0 Å². The van der Waals surface area contributed by atoms with Crippen LogP contribution in [0.25, 0.3) is 0 Å². The van der Waals surface area contributed by atoms with E-state index in [0.717, 1.165) is 18.1 Å². The fourth-order valence-corrected chi connectivity index (χ4v) is 3.81. The second-order valence-corrected chi connectivity index (χ2v) is 7.13. The third kappa shape index (κ3) is 5.01. The Kier molecular flexibility index (Phi) is 6.79. The van der Waals surface area contributed by atoms with E-state index in [1.165, 1.54) is 71.0 Å². The zero-order chi connectivity index (χ0) is 14.4. The third-order valence-corrected chi connectivity index (χ3v) is 5.53. The molecule has 0 bridgehead atoms. The minimum Gasteiger partial charge on any atom is -0.314 e. The van der Waals surface area contributed by atoms with Gasteiger partial charge < -0.3 is 15.1 Å². The molecule has 0 aromatic rings. The molecule has 1 heterocycles. The van der Waals surface area contributed by atoms with Crippen molar-refractivity contribution in [2.75, 3.05) is 33.7 Å². The normalized spacial score (nSPS) is 30.0. The molecule has 3 nitrogen and oxygen atoms in total. The first kappa shape index (κ1) is 16.3. The molecule has 118 valence electrons. The lowest BCUT2D eigenvalue weighted by Gasteiger charge is -2.35. The summed E-state index contributed by atoms with van der Waals surface area (Å²) in [6.45, 7) is 6.06. The van der Waals surface area contributed by atoms with Crippen molar-refractivity contribution in [3.8, 4) is 0 Å². The summed E-state index contributed by atoms with van der Waals surface area (Å²) in [5, 5.41) is 3.78. The van der Waals surface area contributed by atoms with E-state index >= 15 is 0 Å². The van der Waals surface area contributed by atoms with E-state index < -0.39 is 0 Å². The quantitative estimate of drug-likeness (QED) is 0.755. The van der Waals surface area contributed by atoms with E-state index in [9.17, 15) is 0 Å². The zero-order valence-corrected chi connectivity index (χ0v) is 13.9. The van der Waals surface area contributed by atoms with Crippen LogP contribution in [0.1, 0.15) is 58.3 Å². The molecule has 0 amide bonds. The first-order valence-corrected chi connectivity index (χ1v) is 8.80. The highest BCUT2D eigenvalue weighted by atomic mass is 15.1. The van der Waals surface area contributed by atoms with Gasteiger partial charge >= 0.3 is 0 Å². The van der Waals surface area contributed by atoms with Crippen molar-refractivity contribution in [1.82, 2.24) is 15.1 Å². The van der Waals surface area contributed by atoms with Crippen LogP contribution >= 0.6 is 0 Å². The maximum absolute atomic E-state index is 3.78. The van der Waals surface area contributed by atoms with E-state index in [-0.39, 0.29) is 0 Å². The largest absolute Gasteiger partial charge is 0.314 e. The fourth-order valence-electron chi connectivity index (χ4n) is 3.81. The minimum absolute atomic E-state index is 0.742. The fraction of sp³-hybridized carbons (Fsp3) is 1.00. The van der Waals surface area contributed by atoms with Gasteiger partial charge in [-0.3, -0.25) is 0 Å². The van der Waals surface area contributed by atoms with Crippen LogP contribution in [-0.4, -0.2) is 61.7 Å². The number of hydrogen-bond donors (Lipinski definition) is 1. The summed E-state index contributed by atoms with van der Waals surface area (Å²) in [4.78, 5) is 5.09. The Morgan fingerprint density at radius 1 is 1.15 bits per heavy atom. The zero-order valence-electron chi connectivity index (χ0n) is 13.9. The summed E-state index contributed by atoms with van der Waals surface area (Å²) >= 11 is 0. The molecule has 0 aromatic carbocycles. The van der Waals surface area contributed by atoms with E-state index in [1.54, 1.807) is 0 Å². The summed E-state index contributed by atoms with van der Waals surface area (Å²) in [6, 6.07) is 2.36. The van der Waals surface area contributed by atoms with E-state index in [1.807, 2.05) is 0 Å². The van der Waals surface area contributed by atoms with Crippen LogP contribution in [0.5, 0.6) is 0 Å². The molecule has 0 radical (unpaired) electrons. The van der Waals surface area contributed by atoms with Gasteiger partial charge in [-0.15, -0.1) is 0 Å². The molecule has 0 spiro atoms. The van der Waals surface area contributed by atoms with Crippen LogP contribution in [0.15, 0.2) is 0 Å². The Hall–Kier alpha value is -0.120. The minimum atomic E-state index is 0.742. The lowest BCUT2D eigenvalue weighted by Crippen LogP contribution is -2.46. The molecular weight excluding hydrogens is 246 g/mol. The van der Waals surface area contributed by atoms with Crippen LogP contribution in [-0.2, 0) is 0 Å². The molecule has 2 fully saturated rings. The van der Waals surface area contributed by atoms with E-state index in [2.05, 4.69) is 36.1 Å². The number of hydrogen-bond acceptors (Lipinski definition) is 3. The molecule has 1 saturated carbocycles. The summed E-state index contributed by atoms with van der Waals surface area (Å²) < 4.78 is 0. The Labute approximate surface area is 126 Å². The molecule has 20 heavy (non-hydrogen) atoms. The predicted molar refractivity (Wildman–Crippen MR) is 87.2 cm³/mol. The maximum Gasteiger partial charge on any atom is 0.00940 e. The van der Waals surface area contributed by atoms with Crippen molar-refractivity contribution in [3.63, 3.8) is 0 Å². The van der Waals surface area contributed by atoms with Crippen molar-refractivity contribution in [3.05, 3.63) is 0 Å². The molecule has 2 unspecified atom stereocenters. The molecule has 2 atom stereocenters. The molecule has 1 N–H and O–H groups in total. The summed E-state index contributed by atoms with van der Waals surface area (Å²) in [7, 11) is 4.58. The molecule has 1 aliphatic carbocycles. The lowest BCUT2D eigenvalue weighted by molar-refractivity contribution is 0.164. The molecule has 1 saturated heterocycles. The molecule has 3 heteroatoms. The summed E-state index contributed by atoms with van der Waals surface area (Å²) in [5.74, 6) is 0. The van der Waals surface area contributed by atoms with Crippen LogP contribution in [0.2, 0.25) is 0 Å². The highest BCUT2D eigenvalue weighted by Gasteiger charge is 2.22. The van der Waals surface area contributed by atoms with Gasteiger partial charge in [-0.2, -0.15) is 0 Å². The first-order valence-electron chi connectivity index (χ1n) is 8.80. The lowest BCUT2D eigenvalue weighted by atomic mass is 9.94. The van der Waals surface area contributed by atoms with E-state index in [4.69, 9.17) is 0 Å². The van der Waals surface area contributed by atoms with Gasteiger partial charge in [0.25, 0.3) is 0 Å². The van der Waals surface area contributed by atoms with Crippen molar-refractivity contribution in [2.24, 2.45) is 0 Å². The highest BCUT2D eigenvalue weighted by Crippen LogP contribution is 2.21. The summed E-state index contributed by atoms with van der Waals surface area (Å²) in [6.07, 6.45) is 11.1. The van der Waals surface area contributed by atoms with Crippen LogP contribution in [0, 0.1) is 0 Å². The van der Waals surface area contributed by atoms with Gasteiger partial charge in [-0.05, 0) is 72.8 Å². The van der Waals surface area contributed by atoms with Gasteiger partial charge in [-0.25, -0.2) is 0 Å². The van der Waals surface area contributed by atoms with E-state index in [0.29, 0.717) is 0 Å². The van der Waals surface area contributed by atoms with Crippen molar-refractivity contribution in [2.45, 2.75) is 76.4 Å². The SMILES string of the molecule is CC1CC(NCCCN(C)C2CCCCC2)CCN1C. The Morgan fingerprint density at radius 2 is 1.90 bits per heavy atom. The monoisotopic (exact) mass is 281 g/mol. The van der Waals surface area contributed by atoms with Crippen molar-refractivity contribution >= 4 is 0 Å². The van der Waals surface area contributed by atoms with Gasteiger partial charge in [-0.1, -0.05) is 19.3 Å². The van der Waals surface area contributed by atoms with Crippen LogP contribution in [0.4, 0.5) is 0 Å². The number of nitrogens with one attached hydrogen (secondary N) is 1. The smallest absolute Gasteiger partial charge is 0.00940 e. The first-order chi connectivity index (χ1) is 9.66. The summed E-state index contributed by atoms with van der Waals surface area (Å²) in [5.41, 5.74) is 0. The van der Waals surface area contributed by atoms with Crippen LogP contribution in [0.3, 0.4) is 0 Å². The van der Waals surface area contributed by atoms with Gasteiger partial charge in [0.1, 0.15) is 0 Å². The Bertz CT molecular complexity index is 259. The topological polar surface area (TPSA) is 18.5 Å². The van der Waals surface area contributed by atoms with Gasteiger partial charge in [0, 0.05) is 18.1 Å². The van der Waals surface area contributed by atoms with Gasteiger partial charge in [0.15, 0.2) is 0 Å². The standard InChI is InChI=1S/C17H35N3/c1-15-14-16(10-13-19(15)2)18-11-7-12-20(3)17-8-5-4-6-9-17/h15-18H,4-14H2,1-3H3. The van der Waals surface area contributed by atoms with Crippen molar-refractivity contribution in [1.29, 1.82) is 0 Å².